The molecule has 1 fully saturated rings. The van der Waals surface area contributed by atoms with E-state index >= 15 is 0 Å². The zero-order valence-corrected chi connectivity index (χ0v) is 18.5. The molecule has 28 heavy (non-hydrogen) atoms. The van der Waals surface area contributed by atoms with Gasteiger partial charge in [-0.15, -0.1) is 24.0 Å². The second-order valence-corrected chi connectivity index (χ2v) is 6.26. The van der Waals surface area contributed by atoms with Gasteiger partial charge in [0.2, 0.25) is 5.91 Å². The maximum absolute atomic E-state index is 11.6. The van der Waals surface area contributed by atoms with E-state index in [1.54, 1.807) is 12.1 Å². The summed E-state index contributed by atoms with van der Waals surface area (Å²) in [5, 5.41) is 20.3. The van der Waals surface area contributed by atoms with E-state index in [1.807, 2.05) is 11.8 Å². The molecular weight excluding hydrogens is 475 g/mol. The van der Waals surface area contributed by atoms with Crippen LogP contribution >= 0.6 is 24.0 Å². The Morgan fingerprint density at radius 3 is 2.61 bits per heavy atom. The summed E-state index contributed by atoms with van der Waals surface area (Å²) in [6, 6.07) is 6.34. The summed E-state index contributed by atoms with van der Waals surface area (Å²) in [6.45, 7) is 6.40. The number of aliphatic imine (C=N–C) groups is 1. The van der Waals surface area contributed by atoms with Crippen molar-refractivity contribution < 1.29 is 9.72 Å². The lowest BCUT2D eigenvalue weighted by Gasteiger charge is -2.15. The Balaban J connectivity index is 0.00000392. The number of rotatable bonds is 10. The first-order valence-electron chi connectivity index (χ1n) is 9.38. The number of amides is 1. The summed E-state index contributed by atoms with van der Waals surface area (Å²) in [4.78, 5) is 28.2. The van der Waals surface area contributed by atoms with Crippen molar-refractivity contribution in [3.63, 3.8) is 0 Å². The summed E-state index contributed by atoms with van der Waals surface area (Å²) in [7, 11) is 0. The predicted octanol–water partition coefficient (Wildman–Crippen LogP) is 2.19. The molecule has 0 atom stereocenters. The van der Waals surface area contributed by atoms with Gasteiger partial charge in [0.1, 0.15) is 0 Å². The minimum absolute atomic E-state index is 0. The maximum Gasteiger partial charge on any atom is 0.269 e. The zero-order chi connectivity index (χ0) is 19.5. The third-order valence-corrected chi connectivity index (χ3v) is 4.20. The van der Waals surface area contributed by atoms with Crippen LogP contribution in [0.4, 0.5) is 11.4 Å². The highest BCUT2D eigenvalue weighted by Gasteiger charge is 2.18. The molecule has 1 saturated heterocycles. The monoisotopic (exact) mass is 504 g/mol. The number of non-ortho nitro benzene ring substituents is 1. The molecule has 0 aromatic heterocycles. The molecule has 0 unspecified atom stereocenters. The van der Waals surface area contributed by atoms with Gasteiger partial charge in [0.25, 0.3) is 5.69 Å². The van der Waals surface area contributed by atoms with Crippen molar-refractivity contribution in [3.05, 3.63) is 34.4 Å². The van der Waals surface area contributed by atoms with E-state index in [-0.39, 0.29) is 35.6 Å². The number of nitro benzene ring substituents is 1. The molecule has 1 amide bonds. The van der Waals surface area contributed by atoms with E-state index in [2.05, 4.69) is 20.9 Å². The van der Waals surface area contributed by atoms with Gasteiger partial charge in [-0.25, -0.2) is 0 Å². The molecule has 0 radical (unpaired) electrons. The highest BCUT2D eigenvalue weighted by atomic mass is 127. The van der Waals surface area contributed by atoms with Gasteiger partial charge in [-0.2, -0.15) is 0 Å². The Hall–Kier alpha value is -2.11. The quantitative estimate of drug-likeness (QED) is 0.113. The summed E-state index contributed by atoms with van der Waals surface area (Å²) >= 11 is 0. The molecule has 10 heteroatoms. The molecule has 2 rings (SSSR count). The fourth-order valence-corrected chi connectivity index (χ4v) is 2.82. The highest BCUT2D eigenvalue weighted by molar-refractivity contribution is 14.0. The average Bonchev–Trinajstić information content (AvgIpc) is 3.07. The zero-order valence-electron chi connectivity index (χ0n) is 16.1. The van der Waals surface area contributed by atoms with Crippen LogP contribution in [0, 0.1) is 10.1 Å². The summed E-state index contributed by atoms with van der Waals surface area (Å²) in [6.07, 6.45) is 2.49. The van der Waals surface area contributed by atoms with Crippen LogP contribution in [0.1, 0.15) is 26.2 Å². The molecule has 9 nitrogen and oxygen atoms in total. The van der Waals surface area contributed by atoms with E-state index in [4.69, 9.17) is 0 Å². The molecule has 0 saturated carbocycles. The number of halogens is 1. The Labute approximate surface area is 182 Å². The van der Waals surface area contributed by atoms with E-state index in [0.29, 0.717) is 26.1 Å². The lowest BCUT2D eigenvalue weighted by Crippen LogP contribution is -2.39. The number of nitro groups is 1. The summed E-state index contributed by atoms with van der Waals surface area (Å²) in [5.74, 6) is 0.997. The van der Waals surface area contributed by atoms with Crippen molar-refractivity contribution in [2.24, 2.45) is 4.99 Å². The van der Waals surface area contributed by atoms with Crippen molar-refractivity contribution in [3.8, 4) is 0 Å². The molecule has 156 valence electrons. The van der Waals surface area contributed by atoms with Crippen LogP contribution in [0.25, 0.3) is 0 Å². The second-order valence-electron chi connectivity index (χ2n) is 6.26. The molecule has 0 aliphatic carbocycles. The topological polar surface area (TPSA) is 112 Å². The molecule has 1 aliphatic rings. The fourth-order valence-electron chi connectivity index (χ4n) is 2.82. The van der Waals surface area contributed by atoms with Crippen molar-refractivity contribution in [1.29, 1.82) is 0 Å². The Morgan fingerprint density at radius 2 is 2.00 bits per heavy atom. The summed E-state index contributed by atoms with van der Waals surface area (Å²) < 4.78 is 0. The maximum atomic E-state index is 11.6. The first-order chi connectivity index (χ1) is 13.1. The Morgan fingerprint density at radius 1 is 1.25 bits per heavy atom. The van der Waals surface area contributed by atoms with Gasteiger partial charge in [-0.05, 0) is 31.9 Å². The van der Waals surface area contributed by atoms with Gasteiger partial charge in [-0.1, -0.05) is 0 Å². The molecule has 0 spiro atoms. The molecule has 0 bridgehead atoms. The Bertz CT molecular complexity index is 653. The minimum Gasteiger partial charge on any atom is -0.383 e. The minimum atomic E-state index is -0.413. The number of guanidine groups is 1. The van der Waals surface area contributed by atoms with Crippen LogP contribution in [0.3, 0.4) is 0 Å². The number of anilines is 1. The van der Waals surface area contributed by atoms with Crippen molar-refractivity contribution in [2.45, 2.75) is 26.2 Å². The van der Waals surface area contributed by atoms with Crippen molar-refractivity contribution >= 4 is 47.2 Å². The standard InChI is InChI=1S/C18H28N6O3.HI/c1-2-19-18(21-10-4-14-23-13-3-5-17(23)25)22-12-11-20-15-6-8-16(9-7-15)24(26)27;/h6-9,20H,2-5,10-14H2,1H3,(H2,19,21,22);1H. The number of carbonyl (C=O) groups excluding carboxylic acids is 1. The highest BCUT2D eigenvalue weighted by Crippen LogP contribution is 2.14. The number of hydrogen-bond donors (Lipinski definition) is 3. The van der Waals surface area contributed by atoms with E-state index in [1.165, 1.54) is 12.1 Å². The van der Waals surface area contributed by atoms with Crippen LogP contribution in [0.2, 0.25) is 0 Å². The third kappa shape index (κ3) is 8.28. The number of nitrogens with zero attached hydrogens (tertiary/aromatic N) is 3. The van der Waals surface area contributed by atoms with Crippen LogP contribution in [0.15, 0.2) is 29.3 Å². The number of likely N-dealkylation sites (tertiary alicyclic amines) is 1. The second kappa shape index (κ2) is 13.1. The lowest BCUT2D eigenvalue weighted by molar-refractivity contribution is -0.384. The first-order valence-corrected chi connectivity index (χ1v) is 9.38. The van der Waals surface area contributed by atoms with Gasteiger partial charge < -0.3 is 20.9 Å². The molecular formula is C18H29IN6O3. The SMILES string of the molecule is CCNC(=NCCCN1CCCC1=O)NCCNc1ccc([N+](=O)[O-])cc1.I. The number of hydrogen-bond acceptors (Lipinski definition) is 5. The number of benzene rings is 1. The fraction of sp³-hybridized carbons (Fsp3) is 0.556. The lowest BCUT2D eigenvalue weighted by atomic mass is 10.3. The Kier molecular flexibility index (Phi) is 11.2. The molecule has 3 N–H and O–H groups in total. The molecule has 1 aromatic carbocycles. The van der Waals surface area contributed by atoms with Crippen LogP contribution in [-0.4, -0.2) is 61.0 Å². The molecule has 1 aliphatic heterocycles. The smallest absolute Gasteiger partial charge is 0.269 e. The van der Waals surface area contributed by atoms with Crippen molar-refractivity contribution in [1.82, 2.24) is 15.5 Å². The molecule has 1 aromatic rings. The van der Waals surface area contributed by atoms with E-state index in [0.717, 1.165) is 44.1 Å². The van der Waals surface area contributed by atoms with Crippen LogP contribution in [0.5, 0.6) is 0 Å². The van der Waals surface area contributed by atoms with Crippen LogP contribution < -0.4 is 16.0 Å². The number of nitrogens with one attached hydrogen (secondary N) is 3. The predicted molar refractivity (Wildman–Crippen MR) is 121 cm³/mol. The number of carbonyl (C=O) groups is 1. The van der Waals surface area contributed by atoms with Gasteiger partial charge in [0.15, 0.2) is 5.96 Å². The largest absolute Gasteiger partial charge is 0.383 e. The van der Waals surface area contributed by atoms with Crippen molar-refractivity contribution in [2.75, 3.05) is 44.6 Å². The van der Waals surface area contributed by atoms with E-state index < -0.39 is 4.92 Å². The van der Waals surface area contributed by atoms with Gasteiger partial charge >= 0.3 is 0 Å². The van der Waals surface area contributed by atoms with Gasteiger partial charge in [0.05, 0.1) is 4.92 Å². The normalized spacial score (nSPS) is 13.8. The third-order valence-electron chi connectivity index (χ3n) is 4.20. The van der Waals surface area contributed by atoms with Crippen LogP contribution in [-0.2, 0) is 4.79 Å². The van der Waals surface area contributed by atoms with Gasteiger partial charge in [-0.3, -0.25) is 19.9 Å². The summed E-state index contributed by atoms with van der Waals surface area (Å²) in [5.41, 5.74) is 0.912. The van der Waals surface area contributed by atoms with E-state index in [9.17, 15) is 14.9 Å². The van der Waals surface area contributed by atoms with Gasteiger partial charge in [0, 0.05) is 63.5 Å². The molecule has 1 heterocycles. The average molecular weight is 504 g/mol. The first kappa shape index (κ1) is 23.9.